The first kappa shape index (κ1) is 14.6. The lowest BCUT2D eigenvalue weighted by molar-refractivity contribution is 0.313. The minimum absolute atomic E-state index is 0.394. The van der Waals surface area contributed by atoms with Crippen LogP contribution < -0.4 is 10.1 Å². The van der Waals surface area contributed by atoms with E-state index in [1.165, 1.54) is 26.4 Å². The van der Waals surface area contributed by atoms with Gasteiger partial charge in [-0.3, -0.25) is 0 Å². The lowest BCUT2D eigenvalue weighted by atomic mass is 10.00. The quantitative estimate of drug-likeness (QED) is 0.889. The Labute approximate surface area is 131 Å². The Balaban J connectivity index is 1.78. The van der Waals surface area contributed by atoms with Crippen molar-refractivity contribution in [3.8, 4) is 5.75 Å². The first-order valence-electron chi connectivity index (χ1n) is 7.67. The zero-order valence-corrected chi connectivity index (χ0v) is 13.8. The summed E-state index contributed by atoms with van der Waals surface area (Å²) in [5.41, 5.74) is 3.96. The van der Waals surface area contributed by atoms with E-state index in [2.05, 4.69) is 50.4 Å². The van der Waals surface area contributed by atoms with Gasteiger partial charge in [-0.25, -0.2) is 0 Å². The second-order valence-electron chi connectivity index (χ2n) is 5.87. The Kier molecular flexibility index (Phi) is 4.32. The lowest BCUT2D eigenvalue weighted by Crippen LogP contribution is -2.20. The number of benzene rings is 1. The van der Waals surface area contributed by atoms with Gasteiger partial charge in [0.25, 0.3) is 0 Å². The molecule has 2 aromatic rings. The molecule has 2 heterocycles. The van der Waals surface area contributed by atoms with Gasteiger partial charge in [-0.15, -0.1) is 11.3 Å². The number of ether oxygens (including phenoxy) is 1. The van der Waals surface area contributed by atoms with Gasteiger partial charge in [0.2, 0.25) is 0 Å². The van der Waals surface area contributed by atoms with Crippen LogP contribution in [0.5, 0.6) is 5.75 Å². The number of hydrogen-bond donors (Lipinski definition) is 1. The van der Waals surface area contributed by atoms with Crippen LogP contribution in [0.25, 0.3) is 0 Å². The van der Waals surface area contributed by atoms with Crippen LogP contribution in [0.2, 0.25) is 0 Å². The van der Waals surface area contributed by atoms with E-state index in [1.54, 1.807) is 0 Å². The summed E-state index contributed by atoms with van der Waals surface area (Å²) in [6.07, 6.45) is 2.24. The Hall–Kier alpha value is -1.32. The normalized spacial score (nSPS) is 18.0. The van der Waals surface area contributed by atoms with Crippen molar-refractivity contribution in [2.24, 2.45) is 0 Å². The Morgan fingerprint density at radius 3 is 2.86 bits per heavy atom. The second kappa shape index (κ2) is 6.20. The predicted octanol–water partition coefficient (Wildman–Crippen LogP) is 4.68. The van der Waals surface area contributed by atoms with E-state index in [0.29, 0.717) is 6.04 Å². The third-order valence-electron chi connectivity index (χ3n) is 4.24. The lowest BCUT2D eigenvalue weighted by Gasteiger charge is -2.19. The zero-order valence-electron chi connectivity index (χ0n) is 13.0. The summed E-state index contributed by atoms with van der Waals surface area (Å²) >= 11 is 1.90. The number of fused-ring (bicyclic) bond motifs is 1. The van der Waals surface area contributed by atoms with Crippen molar-refractivity contribution in [1.82, 2.24) is 5.32 Å². The second-order valence-corrected chi connectivity index (χ2v) is 7.21. The molecular weight excluding hydrogens is 278 g/mol. The molecule has 1 aromatic heterocycles. The molecule has 0 aliphatic carbocycles. The summed E-state index contributed by atoms with van der Waals surface area (Å²) in [5, 5.41) is 3.73. The maximum absolute atomic E-state index is 5.95. The highest BCUT2D eigenvalue weighted by Gasteiger charge is 2.20. The summed E-state index contributed by atoms with van der Waals surface area (Å²) < 4.78 is 5.95. The predicted molar refractivity (Wildman–Crippen MR) is 89.3 cm³/mol. The molecule has 0 bridgehead atoms. The van der Waals surface area contributed by atoms with Crippen LogP contribution in [0.1, 0.15) is 45.3 Å². The summed E-state index contributed by atoms with van der Waals surface area (Å²) in [6.45, 7) is 8.28. The molecule has 0 saturated carbocycles. The third kappa shape index (κ3) is 3.14. The fourth-order valence-electron chi connectivity index (χ4n) is 2.94. The van der Waals surface area contributed by atoms with E-state index in [9.17, 15) is 0 Å². The number of thiophene rings is 1. The molecule has 1 aliphatic heterocycles. The van der Waals surface area contributed by atoms with Gasteiger partial charge in [-0.1, -0.05) is 18.2 Å². The van der Waals surface area contributed by atoms with Crippen molar-refractivity contribution in [2.45, 2.75) is 46.2 Å². The van der Waals surface area contributed by atoms with E-state index in [1.807, 2.05) is 11.3 Å². The Morgan fingerprint density at radius 1 is 1.24 bits per heavy atom. The topological polar surface area (TPSA) is 21.3 Å². The van der Waals surface area contributed by atoms with Crippen LogP contribution in [0, 0.1) is 20.8 Å². The maximum Gasteiger partial charge on any atom is 0.126 e. The molecule has 1 aliphatic rings. The highest BCUT2D eigenvalue weighted by molar-refractivity contribution is 7.12. The minimum atomic E-state index is 0.394. The smallest absolute Gasteiger partial charge is 0.126 e. The number of hydrogen-bond acceptors (Lipinski definition) is 3. The van der Waals surface area contributed by atoms with Gasteiger partial charge >= 0.3 is 0 Å². The number of rotatable bonds is 3. The SMILES string of the molecule is Cc1cc(CNC2CCCOc3c(C)cccc32)sc1C. The molecule has 0 spiro atoms. The molecule has 0 fully saturated rings. The minimum Gasteiger partial charge on any atom is -0.493 e. The maximum atomic E-state index is 5.95. The van der Waals surface area contributed by atoms with Crippen LogP contribution in [0.4, 0.5) is 0 Å². The number of nitrogens with one attached hydrogen (secondary N) is 1. The van der Waals surface area contributed by atoms with Crippen molar-refractivity contribution in [3.63, 3.8) is 0 Å². The standard InChI is InChI=1S/C18H23NOS/c1-12-6-4-7-16-17(8-5-9-20-18(12)16)19-11-15-10-13(2)14(3)21-15/h4,6-7,10,17,19H,5,8-9,11H2,1-3H3. The first-order valence-corrected chi connectivity index (χ1v) is 8.48. The highest BCUT2D eigenvalue weighted by atomic mass is 32.1. The molecule has 3 rings (SSSR count). The molecule has 0 amide bonds. The molecule has 112 valence electrons. The number of aryl methyl sites for hydroxylation is 3. The van der Waals surface area contributed by atoms with E-state index >= 15 is 0 Å². The van der Waals surface area contributed by atoms with Gasteiger partial charge in [-0.05, 0) is 50.8 Å². The molecule has 1 unspecified atom stereocenters. The molecule has 1 aromatic carbocycles. The van der Waals surface area contributed by atoms with E-state index in [-0.39, 0.29) is 0 Å². The summed E-state index contributed by atoms with van der Waals surface area (Å²) in [7, 11) is 0. The molecule has 21 heavy (non-hydrogen) atoms. The van der Waals surface area contributed by atoms with Crippen molar-refractivity contribution in [1.29, 1.82) is 0 Å². The average molecular weight is 301 g/mol. The molecular formula is C18H23NOS. The van der Waals surface area contributed by atoms with Crippen LogP contribution in [-0.2, 0) is 6.54 Å². The molecule has 0 saturated heterocycles. The zero-order chi connectivity index (χ0) is 14.8. The van der Waals surface area contributed by atoms with Gasteiger partial charge in [0.05, 0.1) is 6.61 Å². The Morgan fingerprint density at radius 2 is 2.10 bits per heavy atom. The fourth-order valence-corrected chi connectivity index (χ4v) is 3.94. The van der Waals surface area contributed by atoms with E-state index in [0.717, 1.165) is 31.7 Å². The highest BCUT2D eigenvalue weighted by Crippen LogP contribution is 2.34. The molecule has 1 atom stereocenters. The van der Waals surface area contributed by atoms with Crippen molar-refractivity contribution in [2.75, 3.05) is 6.61 Å². The van der Waals surface area contributed by atoms with Crippen LogP contribution in [-0.4, -0.2) is 6.61 Å². The number of para-hydroxylation sites is 1. The monoisotopic (exact) mass is 301 g/mol. The summed E-state index contributed by atoms with van der Waals surface area (Å²) in [6, 6.07) is 9.17. The molecule has 3 heteroatoms. The van der Waals surface area contributed by atoms with Crippen molar-refractivity contribution >= 4 is 11.3 Å². The Bertz CT molecular complexity index is 613. The largest absolute Gasteiger partial charge is 0.493 e. The summed E-state index contributed by atoms with van der Waals surface area (Å²) in [5.74, 6) is 1.09. The third-order valence-corrected chi connectivity index (χ3v) is 5.39. The van der Waals surface area contributed by atoms with Gasteiger partial charge in [-0.2, -0.15) is 0 Å². The van der Waals surface area contributed by atoms with E-state index in [4.69, 9.17) is 4.74 Å². The van der Waals surface area contributed by atoms with E-state index < -0.39 is 0 Å². The molecule has 2 nitrogen and oxygen atoms in total. The van der Waals surface area contributed by atoms with Gasteiger partial charge in [0.15, 0.2) is 0 Å². The van der Waals surface area contributed by atoms with Gasteiger partial charge < -0.3 is 10.1 Å². The fraction of sp³-hybridized carbons (Fsp3) is 0.444. The first-order chi connectivity index (χ1) is 10.1. The van der Waals surface area contributed by atoms with Gasteiger partial charge in [0, 0.05) is 27.9 Å². The van der Waals surface area contributed by atoms with Gasteiger partial charge in [0.1, 0.15) is 5.75 Å². The van der Waals surface area contributed by atoms with Crippen molar-refractivity contribution < 1.29 is 4.74 Å². The average Bonchev–Trinajstić information content (AvgIpc) is 2.67. The van der Waals surface area contributed by atoms with Crippen molar-refractivity contribution in [3.05, 3.63) is 50.7 Å². The van der Waals surface area contributed by atoms with Crippen LogP contribution >= 0.6 is 11.3 Å². The van der Waals surface area contributed by atoms with Crippen LogP contribution in [0.3, 0.4) is 0 Å². The van der Waals surface area contributed by atoms with Crippen LogP contribution in [0.15, 0.2) is 24.3 Å². The summed E-state index contributed by atoms with van der Waals surface area (Å²) in [4.78, 5) is 2.84. The molecule has 1 N–H and O–H groups in total. The molecule has 0 radical (unpaired) electrons.